The molecule has 1 saturated carbocycles. The average Bonchev–Trinajstić information content (AvgIpc) is 2.27. The Labute approximate surface area is 108 Å². The van der Waals surface area contributed by atoms with Crippen molar-refractivity contribution >= 4 is 11.8 Å². The molecule has 0 aromatic heterocycles. The maximum atomic E-state index is 11.7. The Morgan fingerprint density at radius 2 is 1.83 bits per heavy atom. The molecule has 3 N–H and O–H groups in total. The molecule has 0 atom stereocenters. The van der Waals surface area contributed by atoms with Crippen LogP contribution in [0.1, 0.15) is 38.5 Å². The molecule has 18 heavy (non-hydrogen) atoms. The van der Waals surface area contributed by atoms with Gasteiger partial charge in [0, 0.05) is 32.1 Å². The molecule has 0 unspecified atom stereocenters. The van der Waals surface area contributed by atoms with Crippen LogP contribution < -0.4 is 16.0 Å². The Hall–Kier alpha value is -1.10. The van der Waals surface area contributed by atoms with Gasteiger partial charge in [-0.3, -0.25) is 9.59 Å². The fourth-order valence-corrected chi connectivity index (χ4v) is 2.46. The average molecular weight is 253 g/mol. The predicted octanol–water partition coefficient (Wildman–Crippen LogP) is 0.161. The SMILES string of the molecule is O=C(CCNC(=O)C1CNC1)NC1CCCCC1. The second kappa shape index (κ2) is 6.73. The van der Waals surface area contributed by atoms with E-state index in [0.29, 0.717) is 19.0 Å². The molecule has 0 aromatic carbocycles. The summed E-state index contributed by atoms with van der Waals surface area (Å²) in [4.78, 5) is 23.2. The summed E-state index contributed by atoms with van der Waals surface area (Å²) in [5.41, 5.74) is 0. The Morgan fingerprint density at radius 3 is 2.44 bits per heavy atom. The predicted molar refractivity (Wildman–Crippen MR) is 69.0 cm³/mol. The monoisotopic (exact) mass is 253 g/mol. The molecule has 2 rings (SSSR count). The van der Waals surface area contributed by atoms with E-state index >= 15 is 0 Å². The van der Waals surface area contributed by atoms with Gasteiger partial charge in [-0.15, -0.1) is 0 Å². The van der Waals surface area contributed by atoms with Gasteiger partial charge in [-0.1, -0.05) is 19.3 Å². The first kappa shape index (κ1) is 13.3. The van der Waals surface area contributed by atoms with E-state index in [0.717, 1.165) is 25.9 Å². The molecule has 0 radical (unpaired) electrons. The van der Waals surface area contributed by atoms with Crippen LogP contribution in [0.5, 0.6) is 0 Å². The standard InChI is InChI=1S/C13H23N3O2/c17-12(16-11-4-2-1-3-5-11)6-7-15-13(18)10-8-14-9-10/h10-11,14H,1-9H2,(H,15,18)(H,16,17). The van der Waals surface area contributed by atoms with Crippen molar-refractivity contribution < 1.29 is 9.59 Å². The molecule has 2 fully saturated rings. The van der Waals surface area contributed by atoms with E-state index in [9.17, 15) is 9.59 Å². The summed E-state index contributed by atoms with van der Waals surface area (Å²) < 4.78 is 0. The third-order valence-corrected chi connectivity index (χ3v) is 3.77. The van der Waals surface area contributed by atoms with Crippen molar-refractivity contribution in [2.24, 2.45) is 5.92 Å². The molecule has 2 amide bonds. The van der Waals surface area contributed by atoms with Crippen molar-refractivity contribution in [1.29, 1.82) is 0 Å². The third-order valence-electron chi connectivity index (χ3n) is 3.77. The maximum Gasteiger partial charge on any atom is 0.225 e. The van der Waals surface area contributed by atoms with Crippen molar-refractivity contribution in [1.82, 2.24) is 16.0 Å². The lowest BCUT2D eigenvalue weighted by Gasteiger charge is -2.26. The number of carbonyl (C=O) groups excluding carboxylic acids is 2. The minimum atomic E-state index is 0.0638. The number of carbonyl (C=O) groups is 2. The minimum Gasteiger partial charge on any atom is -0.355 e. The first-order valence-corrected chi connectivity index (χ1v) is 7.03. The molecule has 1 saturated heterocycles. The highest BCUT2D eigenvalue weighted by Crippen LogP contribution is 2.17. The summed E-state index contributed by atoms with van der Waals surface area (Å²) in [6, 6.07) is 0.359. The smallest absolute Gasteiger partial charge is 0.225 e. The second-order valence-corrected chi connectivity index (χ2v) is 5.30. The van der Waals surface area contributed by atoms with E-state index < -0.39 is 0 Å². The maximum absolute atomic E-state index is 11.7. The van der Waals surface area contributed by atoms with Crippen LogP contribution in [0.4, 0.5) is 0 Å². The van der Waals surface area contributed by atoms with Gasteiger partial charge in [-0.05, 0) is 12.8 Å². The lowest BCUT2D eigenvalue weighted by Crippen LogP contribution is -2.51. The molecule has 0 spiro atoms. The summed E-state index contributed by atoms with van der Waals surface area (Å²) >= 11 is 0. The number of rotatable bonds is 5. The van der Waals surface area contributed by atoms with Gasteiger partial charge < -0.3 is 16.0 Å². The van der Waals surface area contributed by atoms with Crippen molar-refractivity contribution in [3.63, 3.8) is 0 Å². The van der Waals surface area contributed by atoms with Crippen molar-refractivity contribution in [3.8, 4) is 0 Å². The van der Waals surface area contributed by atoms with Gasteiger partial charge in [-0.2, -0.15) is 0 Å². The number of hydrogen-bond donors (Lipinski definition) is 3. The number of amides is 2. The van der Waals surface area contributed by atoms with Crippen molar-refractivity contribution in [2.45, 2.75) is 44.6 Å². The highest BCUT2D eigenvalue weighted by molar-refractivity contribution is 5.81. The highest BCUT2D eigenvalue weighted by Gasteiger charge is 2.24. The van der Waals surface area contributed by atoms with Gasteiger partial charge in [0.05, 0.1) is 5.92 Å². The van der Waals surface area contributed by atoms with Crippen LogP contribution in [0.2, 0.25) is 0 Å². The Morgan fingerprint density at radius 1 is 1.11 bits per heavy atom. The molecular weight excluding hydrogens is 230 g/mol. The normalized spacial score (nSPS) is 21.1. The lowest BCUT2D eigenvalue weighted by atomic mass is 9.95. The first-order valence-electron chi connectivity index (χ1n) is 7.03. The summed E-state index contributed by atoms with van der Waals surface area (Å²) in [7, 11) is 0. The van der Waals surface area contributed by atoms with Crippen LogP contribution in [-0.2, 0) is 9.59 Å². The zero-order valence-corrected chi connectivity index (χ0v) is 10.8. The fraction of sp³-hybridized carbons (Fsp3) is 0.846. The van der Waals surface area contributed by atoms with Gasteiger partial charge in [0.1, 0.15) is 0 Å². The summed E-state index contributed by atoms with van der Waals surface area (Å²) in [6.07, 6.45) is 6.32. The highest BCUT2D eigenvalue weighted by atomic mass is 16.2. The topological polar surface area (TPSA) is 70.2 Å². The van der Waals surface area contributed by atoms with Crippen LogP contribution in [0.25, 0.3) is 0 Å². The quantitative estimate of drug-likeness (QED) is 0.654. The lowest BCUT2D eigenvalue weighted by molar-refractivity contribution is -0.126. The largest absolute Gasteiger partial charge is 0.355 e. The van der Waals surface area contributed by atoms with Crippen LogP contribution in [0.3, 0.4) is 0 Å². The van der Waals surface area contributed by atoms with Gasteiger partial charge in [0.15, 0.2) is 0 Å². The molecule has 1 aliphatic carbocycles. The van der Waals surface area contributed by atoms with E-state index in [1.165, 1.54) is 19.3 Å². The third kappa shape index (κ3) is 3.98. The van der Waals surface area contributed by atoms with Crippen LogP contribution in [0, 0.1) is 5.92 Å². The van der Waals surface area contributed by atoms with Crippen molar-refractivity contribution in [3.05, 3.63) is 0 Å². The van der Waals surface area contributed by atoms with Crippen LogP contribution in [-0.4, -0.2) is 37.5 Å². The van der Waals surface area contributed by atoms with Gasteiger partial charge >= 0.3 is 0 Å². The van der Waals surface area contributed by atoms with E-state index in [1.54, 1.807) is 0 Å². The van der Waals surface area contributed by atoms with Gasteiger partial charge in [0.2, 0.25) is 11.8 Å². The molecule has 0 bridgehead atoms. The summed E-state index contributed by atoms with van der Waals surface area (Å²) in [5, 5.41) is 8.92. The van der Waals surface area contributed by atoms with E-state index in [1.807, 2.05) is 0 Å². The summed E-state index contributed by atoms with van der Waals surface area (Å²) in [5.74, 6) is 0.236. The second-order valence-electron chi connectivity index (χ2n) is 5.30. The van der Waals surface area contributed by atoms with E-state index in [2.05, 4.69) is 16.0 Å². The first-order chi connectivity index (χ1) is 8.75. The Bertz CT molecular complexity index is 297. The van der Waals surface area contributed by atoms with Gasteiger partial charge in [0.25, 0.3) is 0 Å². The molecule has 1 aliphatic heterocycles. The van der Waals surface area contributed by atoms with E-state index in [4.69, 9.17) is 0 Å². The molecule has 1 heterocycles. The number of nitrogens with one attached hydrogen (secondary N) is 3. The molecule has 2 aliphatic rings. The summed E-state index contributed by atoms with van der Waals surface area (Å²) in [6.45, 7) is 1.98. The molecule has 102 valence electrons. The number of hydrogen-bond acceptors (Lipinski definition) is 3. The zero-order valence-electron chi connectivity index (χ0n) is 10.8. The van der Waals surface area contributed by atoms with Crippen molar-refractivity contribution in [2.75, 3.05) is 19.6 Å². The van der Waals surface area contributed by atoms with E-state index in [-0.39, 0.29) is 17.7 Å². The van der Waals surface area contributed by atoms with Crippen LogP contribution in [0.15, 0.2) is 0 Å². The molecule has 0 aromatic rings. The Balaban J connectivity index is 1.55. The fourth-order valence-electron chi connectivity index (χ4n) is 2.46. The molecule has 5 heteroatoms. The molecular formula is C13H23N3O2. The molecule has 5 nitrogen and oxygen atoms in total. The van der Waals surface area contributed by atoms with Gasteiger partial charge in [-0.25, -0.2) is 0 Å². The van der Waals surface area contributed by atoms with Crippen LogP contribution >= 0.6 is 0 Å². The Kier molecular flexibility index (Phi) is 4.99. The minimum absolute atomic E-state index is 0.0638. The zero-order chi connectivity index (χ0) is 12.8.